The fourth-order valence-corrected chi connectivity index (χ4v) is 2.80. The number of benzene rings is 2. The normalized spacial score (nSPS) is 12.6. The Morgan fingerprint density at radius 3 is 2.24 bits per heavy atom. The number of carbonyl (C=O) groups is 2. The third kappa shape index (κ3) is 6.27. The van der Waals surface area contributed by atoms with E-state index in [0.717, 1.165) is 12.1 Å². The van der Waals surface area contributed by atoms with Crippen LogP contribution < -0.4 is 5.32 Å². The van der Waals surface area contributed by atoms with E-state index in [2.05, 4.69) is 5.32 Å². The summed E-state index contributed by atoms with van der Waals surface area (Å²) in [7, 11) is 0. The molecule has 0 heterocycles. The number of amides is 1. The summed E-state index contributed by atoms with van der Waals surface area (Å²) in [5.74, 6) is -2.21. The number of halogens is 5. The molecule has 0 spiro atoms. The van der Waals surface area contributed by atoms with Crippen molar-refractivity contribution in [3.63, 3.8) is 0 Å². The molecule has 0 bridgehead atoms. The number of hydrogen-bond acceptors (Lipinski definition) is 2. The maximum absolute atomic E-state index is 13.0. The predicted molar refractivity (Wildman–Crippen MR) is 94.7 cm³/mol. The molecule has 2 rings (SSSR count). The van der Waals surface area contributed by atoms with E-state index < -0.39 is 42.5 Å². The van der Waals surface area contributed by atoms with Crippen molar-refractivity contribution in [3.05, 3.63) is 70.8 Å². The minimum atomic E-state index is -4.68. The molecule has 0 fully saturated rings. The first-order valence-electron chi connectivity index (χ1n) is 8.66. The lowest BCUT2D eigenvalue weighted by Crippen LogP contribution is -2.34. The zero-order valence-corrected chi connectivity index (χ0v) is 15.0. The van der Waals surface area contributed by atoms with Crippen LogP contribution in [0.1, 0.15) is 45.9 Å². The Hall–Kier alpha value is -2.97. The van der Waals surface area contributed by atoms with Gasteiger partial charge in [-0.25, -0.2) is 13.6 Å². The number of nitrogens with one attached hydrogen (secondary N) is 1. The molecular formula is C20H18F5NO3. The predicted octanol–water partition coefficient (Wildman–Crippen LogP) is 4.85. The van der Waals surface area contributed by atoms with Crippen LogP contribution in [0.4, 0.5) is 22.0 Å². The van der Waals surface area contributed by atoms with Gasteiger partial charge in [0.2, 0.25) is 6.43 Å². The first-order valence-corrected chi connectivity index (χ1v) is 8.66. The van der Waals surface area contributed by atoms with Gasteiger partial charge in [-0.3, -0.25) is 4.79 Å². The van der Waals surface area contributed by atoms with Gasteiger partial charge < -0.3 is 10.4 Å². The average molecular weight is 415 g/mol. The zero-order valence-electron chi connectivity index (χ0n) is 15.0. The van der Waals surface area contributed by atoms with E-state index >= 15 is 0 Å². The lowest BCUT2D eigenvalue weighted by molar-refractivity contribution is -0.139. The van der Waals surface area contributed by atoms with Crippen LogP contribution in [0.15, 0.2) is 48.5 Å². The van der Waals surface area contributed by atoms with E-state index in [9.17, 15) is 36.6 Å². The van der Waals surface area contributed by atoms with E-state index in [1.54, 1.807) is 18.2 Å². The highest BCUT2D eigenvalue weighted by Gasteiger charge is 2.33. The van der Waals surface area contributed by atoms with Gasteiger partial charge in [-0.2, -0.15) is 13.2 Å². The standard InChI is InChI=1S/C20H18F5NO3/c21-16(22)8-4-7-13-11-14(20(23,24)25)9-10-15(13)17(19(28)29)26-18(27)12-5-2-1-3-6-12/h1-3,5-6,9-11,16-17H,4,7-8H2,(H,26,27)(H,28,29). The molecular weight excluding hydrogens is 397 g/mol. The summed E-state index contributed by atoms with van der Waals surface area (Å²) in [4.78, 5) is 24.0. The first-order chi connectivity index (χ1) is 13.6. The Kier molecular flexibility index (Phi) is 7.30. The monoisotopic (exact) mass is 415 g/mol. The summed E-state index contributed by atoms with van der Waals surface area (Å²) < 4.78 is 63.9. The van der Waals surface area contributed by atoms with E-state index in [1.165, 1.54) is 12.1 Å². The summed E-state index contributed by atoms with van der Waals surface area (Å²) in [6, 6.07) is 8.47. The number of carboxylic acids is 1. The van der Waals surface area contributed by atoms with Crippen LogP contribution in [-0.4, -0.2) is 23.4 Å². The van der Waals surface area contributed by atoms with Crippen molar-refractivity contribution in [2.24, 2.45) is 0 Å². The van der Waals surface area contributed by atoms with Gasteiger partial charge in [-0.1, -0.05) is 24.3 Å². The molecule has 1 amide bonds. The number of aryl methyl sites for hydroxylation is 1. The minimum Gasteiger partial charge on any atom is -0.479 e. The van der Waals surface area contributed by atoms with Crippen molar-refractivity contribution >= 4 is 11.9 Å². The Labute approximate surface area is 163 Å². The number of carboxylic acid groups (broad SMARTS) is 1. The van der Waals surface area contributed by atoms with Gasteiger partial charge in [0.05, 0.1) is 5.56 Å². The highest BCUT2D eigenvalue weighted by Crippen LogP contribution is 2.33. The fraction of sp³-hybridized carbons (Fsp3) is 0.300. The van der Waals surface area contributed by atoms with Gasteiger partial charge in [-0.05, 0) is 48.2 Å². The molecule has 1 atom stereocenters. The van der Waals surface area contributed by atoms with Crippen molar-refractivity contribution < 1.29 is 36.6 Å². The molecule has 2 aromatic carbocycles. The van der Waals surface area contributed by atoms with Gasteiger partial charge in [0.25, 0.3) is 5.91 Å². The lowest BCUT2D eigenvalue weighted by Gasteiger charge is -2.20. The van der Waals surface area contributed by atoms with Crippen LogP contribution in [0.2, 0.25) is 0 Å². The van der Waals surface area contributed by atoms with Crippen LogP contribution in [0.25, 0.3) is 0 Å². The van der Waals surface area contributed by atoms with E-state index in [-0.39, 0.29) is 29.5 Å². The zero-order chi connectivity index (χ0) is 21.6. The summed E-state index contributed by atoms with van der Waals surface area (Å²) in [5, 5.41) is 11.8. The molecule has 2 aromatic rings. The minimum absolute atomic E-state index is 0.0544. The third-order valence-electron chi connectivity index (χ3n) is 4.21. The molecule has 0 saturated carbocycles. The summed E-state index contributed by atoms with van der Waals surface area (Å²) in [6.45, 7) is 0. The smallest absolute Gasteiger partial charge is 0.416 e. The highest BCUT2D eigenvalue weighted by atomic mass is 19.4. The van der Waals surface area contributed by atoms with Gasteiger partial charge >= 0.3 is 12.1 Å². The van der Waals surface area contributed by atoms with Crippen LogP contribution in [-0.2, 0) is 17.4 Å². The SMILES string of the molecule is O=C(NC(C(=O)O)c1ccc(C(F)(F)F)cc1CCCC(F)F)c1ccccc1. The third-order valence-corrected chi connectivity index (χ3v) is 4.21. The number of rotatable bonds is 8. The number of carbonyl (C=O) groups excluding carboxylic acids is 1. The van der Waals surface area contributed by atoms with Gasteiger partial charge in [0.15, 0.2) is 6.04 Å². The fourth-order valence-electron chi connectivity index (χ4n) is 2.80. The van der Waals surface area contributed by atoms with Crippen LogP contribution >= 0.6 is 0 Å². The molecule has 4 nitrogen and oxygen atoms in total. The van der Waals surface area contributed by atoms with Crippen molar-refractivity contribution in [2.75, 3.05) is 0 Å². The molecule has 0 aromatic heterocycles. The Morgan fingerprint density at radius 2 is 1.69 bits per heavy atom. The quantitative estimate of drug-likeness (QED) is 0.606. The molecule has 29 heavy (non-hydrogen) atoms. The van der Waals surface area contributed by atoms with Gasteiger partial charge in [0, 0.05) is 12.0 Å². The molecule has 156 valence electrons. The Balaban J connectivity index is 2.38. The van der Waals surface area contributed by atoms with E-state index in [0.29, 0.717) is 6.07 Å². The largest absolute Gasteiger partial charge is 0.479 e. The average Bonchev–Trinajstić information content (AvgIpc) is 2.65. The number of alkyl halides is 5. The van der Waals surface area contributed by atoms with Crippen LogP contribution in [0, 0.1) is 0 Å². The second-order valence-corrected chi connectivity index (χ2v) is 6.31. The van der Waals surface area contributed by atoms with Crippen LogP contribution in [0.5, 0.6) is 0 Å². The Bertz CT molecular complexity index is 853. The molecule has 1 unspecified atom stereocenters. The molecule has 0 aliphatic carbocycles. The maximum Gasteiger partial charge on any atom is 0.416 e. The molecule has 0 saturated heterocycles. The van der Waals surface area contributed by atoms with Gasteiger partial charge in [0.1, 0.15) is 0 Å². The summed E-state index contributed by atoms with van der Waals surface area (Å²) in [6.07, 6.45) is -8.16. The van der Waals surface area contributed by atoms with E-state index in [4.69, 9.17) is 0 Å². The molecule has 0 aliphatic rings. The highest BCUT2D eigenvalue weighted by molar-refractivity contribution is 5.96. The van der Waals surface area contributed by atoms with Crippen molar-refractivity contribution in [2.45, 2.75) is 37.9 Å². The van der Waals surface area contributed by atoms with Crippen LogP contribution in [0.3, 0.4) is 0 Å². The van der Waals surface area contributed by atoms with Gasteiger partial charge in [-0.15, -0.1) is 0 Å². The summed E-state index contributed by atoms with van der Waals surface area (Å²) >= 11 is 0. The van der Waals surface area contributed by atoms with E-state index in [1.807, 2.05) is 0 Å². The lowest BCUT2D eigenvalue weighted by atomic mass is 9.94. The molecule has 0 radical (unpaired) electrons. The second kappa shape index (κ2) is 9.49. The summed E-state index contributed by atoms with van der Waals surface area (Å²) in [5.41, 5.74) is -0.984. The maximum atomic E-state index is 13.0. The first kappa shape index (κ1) is 22.3. The second-order valence-electron chi connectivity index (χ2n) is 6.31. The molecule has 2 N–H and O–H groups in total. The molecule has 9 heteroatoms. The van der Waals surface area contributed by atoms with Crippen molar-refractivity contribution in [3.8, 4) is 0 Å². The number of aliphatic carboxylic acids is 1. The molecule has 0 aliphatic heterocycles. The Morgan fingerprint density at radius 1 is 1.03 bits per heavy atom. The van der Waals surface area contributed by atoms with Crippen molar-refractivity contribution in [1.29, 1.82) is 0 Å². The number of hydrogen-bond donors (Lipinski definition) is 2. The van der Waals surface area contributed by atoms with Crippen molar-refractivity contribution in [1.82, 2.24) is 5.32 Å². The topological polar surface area (TPSA) is 66.4 Å².